The first-order chi connectivity index (χ1) is 9.59. The third kappa shape index (κ3) is 2.27. The third-order valence-corrected chi connectivity index (χ3v) is 3.66. The Morgan fingerprint density at radius 1 is 1.45 bits per heavy atom. The molecule has 1 saturated carbocycles. The Balaban J connectivity index is 1.86. The van der Waals surface area contributed by atoms with Gasteiger partial charge in [-0.3, -0.25) is 4.79 Å². The second-order valence-electron chi connectivity index (χ2n) is 5.28. The van der Waals surface area contributed by atoms with Gasteiger partial charge < -0.3 is 11.1 Å². The fraction of sp³-hybridized carbons (Fsp3) is 0.385. The number of hydrogen-bond acceptors (Lipinski definition) is 5. The largest absolute Gasteiger partial charge is 0.323 e. The molecule has 1 fully saturated rings. The minimum Gasteiger partial charge on any atom is -0.323 e. The Bertz CT molecular complexity index is 618. The average molecular weight is 272 g/mol. The number of benzene rings is 1. The van der Waals surface area contributed by atoms with Crippen LogP contribution in [0, 0.1) is 5.92 Å². The number of anilines is 1. The van der Waals surface area contributed by atoms with Crippen molar-refractivity contribution >= 4 is 11.6 Å². The first-order valence-electron chi connectivity index (χ1n) is 6.52. The lowest BCUT2D eigenvalue weighted by Crippen LogP contribution is -2.50. The number of carbonyl (C=O) groups excluding carboxylic acids is 1. The summed E-state index contributed by atoms with van der Waals surface area (Å²) in [4.78, 5) is 12.3. The smallest absolute Gasteiger partial charge is 0.244 e. The molecule has 20 heavy (non-hydrogen) atoms. The van der Waals surface area contributed by atoms with E-state index in [2.05, 4.69) is 20.8 Å². The minimum atomic E-state index is -0.840. The molecule has 0 radical (unpaired) electrons. The molecule has 2 aromatic rings. The zero-order chi connectivity index (χ0) is 14.2. The molecule has 1 aliphatic carbocycles. The van der Waals surface area contributed by atoms with Gasteiger partial charge in [0.1, 0.15) is 6.33 Å². The lowest BCUT2D eigenvalue weighted by atomic mass is 9.96. The molecule has 1 atom stereocenters. The molecule has 1 aromatic heterocycles. The van der Waals surface area contributed by atoms with Gasteiger partial charge in [0.2, 0.25) is 5.91 Å². The molecule has 104 valence electrons. The van der Waals surface area contributed by atoms with Gasteiger partial charge in [-0.1, -0.05) is 12.1 Å². The number of para-hydroxylation sites is 2. The number of nitrogens with two attached hydrogens (primary N) is 1. The van der Waals surface area contributed by atoms with E-state index in [0.29, 0.717) is 11.4 Å². The fourth-order valence-electron chi connectivity index (χ4n) is 2.18. The van der Waals surface area contributed by atoms with E-state index < -0.39 is 5.54 Å². The van der Waals surface area contributed by atoms with E-state index in [0.717, 1.165) is 12.8 Å². The van der Waals surface area contributed by atoms with Crippen LogP contribution in [0.2, 0.25) is 0 Å². The van der Waals surface area contributed by atoms with Gasteiger partial charge >= 0.3 is 0 Å². The van der Waals surface area contributed by atoms with Crippen molar-refractivity contribution in [1.29, 1.82) is 0 Å². The van der Waals surface area contributed by atoms with Gasteiger partial charge in [0.25, 0.3) is 0 Å². The molecule has 7 heteroatoms. The van der Waals surface area contributed by atoms with Crippen molar-refractivity contribution < 1.29 is 4.79 Å². The summed E-state index contributed by atoms with van der Waals surface area (Å²) in [5.41, 5.74) is 6.63. The number of rotatable bonds is 4. The van der Waals surface area contributed by atoms with E-state index in [4.69, 9.17) is 5.73 Å². The van der Waals surface area contributed by atoms with Crippen LogP contribution in [0.4, 0.5) is 5.69 Å². The third-order valence-electron chi connectivity index (χ3n) is 3.66. The molecule has 7 nitrogen and oxygen atoms in total. The maximum atomic E-state index is 12.3. The summed E-state index contributed by atoms with van der Waals surface area (Å²) in [6, 6.07) is 7.33. The topological polar surface area (TPSA) is 98.7 Å². The summed E-state index contributed by atoms with van der Waals surface area (Å²) in [6.07, 6.45) is 3.50. The molecular formula is C13H16N6O. The van der Waals surface area contributed by atoms with Gasteiger partial charge in [-0.25, -0.2) is 0 Å². The summed E-state index contributed by atoms with van der Waals surface area (Å²) in [5.74, 6) is 0.0863. The van der Waals surface area contributed by atoms with Crippen LogP contribution in [-0.2, 0) is 4.79 Å². The first-order valence-corrected chi connectivity index (χ1v) is 6.52. The van der Waals surface area contributed by atoms with Crippen LogP contribution in [-0.4, -0.2) is 31.7 Å². The molecule has 3 N–H and O–H groups in total. The highest BCUT2D eigenvalue weighted by atomic mass is 16.2. The van der Waals surface area contributed by atoms with E-state index in [9.17, 15) is 4.79 Å². The van der Waals surface area contributed by atoms with Crippen molar-refractivity contribution in [1.82, 2.24) is 20.2 Å². The van der Waals surface area contributed by atoms with Crippen molar-refractivity contribution in [3.8, 4) is 5.69 Å². The molecule has 1 amide bonds. The van der Waals surface area contributed by atoms with Gasteiger partial charge in [0.05, 0.1) is 16.9 Å². The number of aromatic nitrogens is 4. The Hall–Kier alpha value is -2.28. The number of carbonyl (C=O) groups is 1. The molecule has 0 aliphatic heterocycles. The van der Waals surface area contributed by atoms with Crippen LogP contribution in [0.15, 0.2) is 30.6 Å². The summed E-state index contributed by atoms with van der Waals surface area (Å²) in [7, 11) is 0. The van der Waals surface area contributed by atoms with Crippen LogP contribution in [0.1, 0.15) is 19.8 Å². The Labute approximate surface area is 116 Å². The maximum absolute atomic E-state index is 12.3. The van der Waals surface area contributed by atoms with Crippen LogP contribution in [0.3, 0.4) is 0 Å². The molecule has 0 bridgehead atoms. The van der Waals surface area contributed by atoms with Crippen LogP contribution < -0.4 is 11.1 Å². The van der Waals surface area contributed by atoms with Crippen molar-refractivity contribution in [3.63, 3.8) is 0 Å². The van der Waals surface area contributed by atoms with E-state index in [-0.39, 0.29) is 11.8 Å². The number of hydrogen-bond donors (Lipinski definition) is 2. The monoisotopic (exact) mass is 272 g/mol. The quantitative estimate of drug-likeness (QED) is 0.854. The second kappa shape index (κ2) is 4.68. The zero-order valence-electron chi connectivity index (χ0n) is 11.2. The van der Waals surface area contributed by atoms with Gasteiger partial charge in [-0.05, 0) is 48.2 Å². The van der Waals surface area contributed by atoms with Crippen molar-refractivity contribution in [2.24, 2.45) is 11.7 Å². The SMILES string of the molecule is CC(N)(C(=O)Nc1ccccc1-n1cnnn1)C1CC1. The highest BCUT2D eigenvalue weighted by Gasteiger charge is 2.44. The summed E-state index contributed by atoms with van der Waals surface area (Å²) >= 11 is 0. The van der Waals surface area contributed by atoms with Crippen LogP contribution in [0.5, 0.6) is 0 Å². The number of nitrogens with one attached hydrogen (secondary N) is 1. The molecule has 1 unspecified atom stereocenters. The summed E-state index contributed by atoms with van der Waals surface area (Å²) in [5, 5.41) is 13.9. The fourth-order valence-corrected chi connectivity index (χ4v) is 2.18. The maximum Gasteiger partial charge on any atom is 0.244 e. The van der Waals surface area contributed by atoms with Gasteiger partial charge in [0, 0.05) is 0 Å². The summed E-state index contributed by atoms with van der Waals surface area (Å²) < 4.78 is 1.50. The lowest BCUT2D eigenvalue weighted by molar-refractivity contribution is -0.121. The van der Waals surface area contributed by atoms with Crippen molar-refractivity contribution in [3.05, 3.63) is 30.6 Å². The zero-order valence-corrected chi connectivity index (χ0v) is 11.2. The van der Waals surface area contributed by atoms with Crippen molar-refractivity contribution in [2.75, 3.05) is 5.32 Å². The normalized spacial score (nSPS) is 17.5. The number of nitrogens with zero attached hydrogens (tertiary/aromatic N) is 4. The van der Waals surface area contributed by atoms with Crippen LogP contribution >= 0.6 is 0 Å². The Morgan fingerprint density at radius 3 is 2.85 bits per heavy atom. The van der Waals surface area contributed by atoms with E-state index in [1.165, 1.54) is 11.0 Å². The highest BCUT2D eigenvalue weighted by Crippen LogP contribution is 2.38. The van der Waals surface area contributed by atoms with E-state index >= 15 is 0 Å². The van der Waals surface area contributed by atoms with Gasteiger partial charge in [-0.2, -0.15) is 4.68 Å². The molecule has 0 saturated heterocycles. The number of tetrazole rings is 1. The molecular weight excluding hydrogens is 256 g/mol. The molecule has 1 aliphatic rings. The van der Waals surface area contributed by atoms with E-state index in [1.54, 1.807) is 13.0 Å². The molecule has 1 aromatic carbocycles. The molecule has 0 spiro atoms. The van der Waals surface area contributed by atoms with Gasteiger partial charge in [0.15, 0.2) is 0 Å². The standard InChI is InChI=1S/C13H16N6O/c1-13(14,9-6-7-9)12(20)16-10-4-2-3-5-11(10)19-8-15-17-18-19/h2-5,8-9H,6-7,14H2,1H3,(H,16,20). The van der Waals surface area contributed by atoms with Crippen LogP contribution in [0.25, 0.3) is 5.69 Å². The Kier molecular flexibility index (Phi) is 2.98. The van der Waals surface area contributed by atoms with E-state index in [1.807, 2.05) is 18.2 Å². The highest BCUT2D eigenvalue weighted by molar-refractivity contribution is 5.99. The molecule has 3 rings (SSSR count). The lowest BCUT2D eigenvalue weighted by Gasteiger charge is -2.23. The first kappa shape index (κ1) is 12.7. The predicted molar refractivity (Wildman–Crippen MR) is 73.1 cm³/mol. The van der Waals surface area contributed by atoms with Crippen molar-refractivity contribution in [2.45, 2.75) is 25.3 Å². The Morgan fingerprint density at radius 2 is 2.20 bits per heavy atom. The molecule has 1 heterocycles. The predicted octanol–water partition coefficient (Wildman–Crippen LogP) is 0.728. The number of amides is 1. The average Bonchev–Trinajstić information content (AvgIpc) is 3.17. The second-order valence-corrected chi connectivity index (χ2v) is 5.28. The van der Waals surface area contributed by atoms with Gasteiger partial charge in [-0.15, -0.1) is 5.10 Å². The summed E-state index contributed by atoms with van der Waals surface area (Å²) in [6.45, 7) is 1.78. The minimum absolute atomic E-state index is 0.180.